The molecule has 0 spiro atoms. The maximum atomic E-state index is 5.78. The fourth-order valence-corrected chi connectivity index (χ4v) is 2.68. The Bertz CT molecular complexity index is 920. The summed E-state index contributed by atoms with van der Waals surface area (Å²) in [6.45, 7) is 0.636. The monoisotopic (exact) mass is 277 g/mol. The number of hydrogen-bond donors (Lipinski definition) is 2. The van der Waals surface area contributed by atoms with Crippen LogP contribution in [-0.4, -0.2) is 17.0 Å². The Morgan fingerprint density at radius 1 is 1.19 bits per heavy atom. The molecule has 0 unspecified atom stereocenters. The van der Waals surface area contributed by atoms with Gasteiger partial charge in [0, 0.05) is 22.7 Å². The first-order valence-electron chi connectivity index (χ1n) is 6.96. The van der Waals surface area contributed by atoms with Crippen LogP contribution < -0.4 is 5.32 Å². The summed E-state index contributed by atoms with van der Waals surface area (Å²) >= 11 is 0. The van der Waals surface area contributed by atoms with E-state index in [1.165, 1.54) is 10.9 Å². The standard InChI is InChI=1S/C17H15N3O/c1-18-10-17-20-15-7-6-11(8-16(15)21-17)13-9-19-14-5-3-2-4-12(13)14/h2-9,18-19H,10H2,1H3. The van der Waals surface area contributed by atoms with Crippen LogP contribution in [0.25, 0.3) is 33.1 Å². The molecule has 21 heavy (non-hydrogen) atoms. The number of nitrogens with one attached hydrogen (secondary N) is 2. The normalized spacial score (nSPS) is 11.5. The Hall–Kier alpha value is -2.59. The second-order valence-corrected chi connectivity index (χ2v) is 5.07. The number of aromatic amines is 1. The molecule has 2 aromatic heterocycles. The molecule has 2 heterocycles. The van der Waals surface area contributed by atoms with Crippen LogP contribution in [0.15, 0.2) is 53.1 Å². The molecule has 0 aliphatic heterocycles. The Labute approximate surface area is 121 Å². The Balaban J connectivity index is 1.86. The highest BCUT2D eigenvalue weighted by atomic mass is 16.3. The largest absolute Gasteiger partial charge is 0.439 e. The van der Waals surface area contributed by atoms with E-state index in [0.29, 0.717) is 12.4 Å². The summed E-state index contributed by atoms with van der Waals surface area (Å²) in [5, 5.41) is 4.26. The molecule has 2 N–H and O–H groups in total. The molecule has 0 bridgehead atoms. The molecule has 0 amide bonds. The van der Waals surface area contributed by atoms with Crippen LogP contribution in [0.5, 0.6) is 0 Å². The van der Waals surface area contributed by atoms with Gasteiger partial charge in [-0.25, -0.2) is 4.98 Å². The second kappa shape index (κ2) is 4.75. The van der Waals surface area contributed by atoms with Crippen LogP contribution in [0.3, 0.4) is 0 Å². The van der Waals surface area contributed by atoms with Crippen LogP contribution in [-0.2, 0) is 6.54 Å². The van der Waals surface area contributed by atoms with E-state index in [-0.39, 0.29) is 0 Å². The fourth-order valence-electron chi connectivity index (χ4n) is 2.68. The van der Waals surface area contributed by atoms with E-state index in [1.807, 2.05) is 25.4 Å². The molecule has 0 aliphatic carbocycles. The Morgan fingerprint density at radius 2 is 2.10 bits per heavy atom. The van der Waals surface area contributed by atoms with E-state index in [1.54, 1.807) is 0 Å². The van der Waals surface area contributed by atoms with Crippen molar-refractivity contribution in [2.75, 3.05) is 7.05 Å². The van der Waals surface area contributed by atoms with Crippen LogP contribution >= 0.6 is 0 Å². The topological polar surface area (TPSA) is 53.9 Å². The highest BCUT2D eigenvalue weighted by Crippen LogP contribution is 2.30. The number of fused-ring (bicyclic) bond motifs is 2. The van der Waals surface area contributed by atoms with Gasteiger partial charge >= 0.3 is 0 Å². The van der Waals surface area contributed by atoms with Crippen molar-refractivity contribution in [3.63, 3.8) is 0 Å². The van der Waals surface area contributed by atoms with Crippen molar-refractivity contribution in [3.8, 4) is 11.1 Å². The van der Waals surface area contributed by atoms with Gasteiger partial charge in [-0.3, -0.25) is 0 Å². The SMILES string of the molecule is CNCc1nc2ccc(-c3c[nH]c4ccccc34)cc2o1. The summed E-state index contributed by atoms with van der Waals surface area (Å²) in [6, 6.07) is 14.4. The molecule has 0 fully saturated rings. The van der Waals surface area contributed by atoms with E-state index >= 15 is 0 Å². The van der Waals surface area contributed by atoms with Gasteiger partial charge in [-0.1, -0.05) is 24.3 Å². The molecule has 0 saturated heterocycles. The minimum Gasteiger partial charge on any atom is -0.439 e. The van der Waals surface area contributed by atoms with Gasteiger partial charge in [-0.05, 0) is 30.8 Å². The molecule has 0 atom stereocenters. The third kappa shape index (κ3) is 2.00. The van der Waals surface area contributed by atoms with Crippen molar-refractivity contribution < 1.29 is 4.42 Å². The van der Waals surface area contributed by atoms with Crippen molar-refractivity contribution in [1.82, 2.24) is 15.3 Å². The number of oxazole rings is 1. The lowest BCUT2D eigenvalue weighted by Crippen LogP contribution is -2.04. The van der Waals surface area contributed by atoms with Crippen LogP contribution in [0.4, 0.5) is 0 Å². The third-order valence-corrected chi connectivity index (χ3v) is 3.66. The minimum absolute atomic E-state index is 0.636. The van der Waals surface area contributed by atoms with Gasteiger partial charge in [0.1, 0.15) is 5.52 Å². The van der Waals surface area contributed by atoms with Crippen molar-refractivity contribution in [1.29, 1.82) is 0 Å². The minimum atomic E-state index is 0.636. The predicted molar refractivity (Wildman–Crippen MR) is 84.1 cm³/mol. The second-order valence-electron chi connectivity index (χ2n) is 5.07. The molecule has 104 valence electrons. The zero-order valence-corrected chi connectivity index (χ0v) is 11.7. The van der Waals surface area contributed by atoms with Gasteiger partial charge in [-0.2, -0.15) is 0 Å². The highest BCUT2D eigenvalue weighted by molar-refractivity contribution is 5.97. The van der Waals surface area contributed by atoms with E-state index in [9.17, 15) is 0 Å². The maximum absolute atomic E-state index is 5.78. The summed E-state index contributed by atoms with van der Waals surface area (Å²) in [4.78, 5) is 7.75. The lowest BCUT2D eigenvalue weighted by Gasteiger charge is -1.99. The van der Waals surface area contributed by atoms with Crippen LogP contribution in [0, 0.1) is 0 Å². The van der Waals surface area contributed by atoms with E-state index in [4.69, 9.17) is 4.42 Å². The van der Waals surface area contributed by atoms with E-state index < -0.39 is 0 Å². The molecule has 0 radical (unpaired) electrons. The third-order valence-electron chi connectivity index (χ3n) is 3.66. The average Bonchev–Trinajstić information content (AvgIpc) is 3.09. The van der Waals surface area contributed by atoms with Gasteiger partial charge in [0.05, 0.1) is 6.54 Å². The molecule has 4 rings (SSSR count). The summed E-state index contributed by atoms with van der Waals surface area (Å²) in [5.41, 5.74) is 5.17. The Kier molecular flexibility index (Phi) is 2.75. The number of H-pyrrole nitrogens is 1. The average molecular weight is 277 g/mol. The number of benzene rings is 2. The van der Waals surface area contributed by atoms with Crippen molar-refractivity contribution in [3.05, 3.63) is 54.6 Å². The first-order chi connectivity index (χ1) is 10.3. The smallest absolute Gasteiger partial charge is 0.209 e. The van der Waals surface area contributed by atoms with Crippen molar-refractivity contribution in [2.24, 2.45) is 0 Å². The first-order valence-corrected chi connectivity index (χ1v) is 6.96. The van der Waals surface area contributed by atoms with Crippen LogP contribution in [0.2, 0.25) is 0 Å². The van der Waals surface area contributed by atoms with E-state index in [0.717, 1.165) is 22.2 Å². The molecule has 0 aliphatic rings. The Morgan fingerprint density at radius 3 is 3.00 bits per heavy atom. The number of para-hydroxylation sites is 1. The number of hydrogen-bond acceptors (Lipinski definition) is 3. The zero-order chi connectivity index (χ0) is 14.2. The number of rotatable bonds is 3. The van der Waals surface area contributed by atoms with Crippen molar-refractivity contribution >= 4 is 22.0 Å². The van der Waals surface area contributed by atoms with Gasteiger partial charge in [0.15, 0.2) is 5.58 Å². The van der Waals surface area contributed by atoms with E-state index in [2.05, 4.69) is 45.6 Å². The quantitative estimate of drug-likeness (QED) is 0.600. The number of nitrogens with zero attached hydrogens (tertiary/aromatic N) is 1. The summed E-state index contributed by atoms with van der Waals surface area (Å²) in [7, 11) is 1.88. The summed E-state index contributed by atoms with van der Waals surface area (Å²) in [6.07, 6.45) is 2.04. The van der Waals surface area contributed by atoms with Gasteiger partial charge in [0.2, 0.25) is 5.89 Å². The molecule has 4 heteroatoms. The lowest BCUT2D eigenvalue weighted by atomic mass is 10.0. The fraction of sp³-hybridized carbons (Fsp3) is 0.118. The van der Waals surface area contributed by atoms with Gasteiger partial charge < -0.3 is 14.7 Å². The van der Waals surface area contributed by atoms with Gasteiger partial charge in [-0.15, -0.1) is 0 Å². The first kappa shape index (κ1) is 12.2. The highest BCUT2D eigenvalue weighted by Gasteiger charge is 2.09. The molecule has 0 saturated carbocycles. The van der Waals surface area contributed by atoms with Gasteiger partial charge in [0.25, 0.3) is 0 Å². The molecule has 4 nitrogen and oxygen atoms in total. The summed E-state index contributed by atoms with van der Waals surface area (Å²) < 4.78 is 5.78. The number of aromatic nitrogens is 2. The molecule has 2 aromatic carbocycles. The predicted octanol–water partition coefficient (Wildman–Crippen LogP) is 3.70. The lowest BCUT2D eigenvalue weighted by molar-refractivity contribution is 0.511. The maximum Gasteiger partial charge on any atom is 0.209 e. The molecule has 4 aromatic rings. The van der Waals surface area contributed by atoms with Crippen LogP contribution in [0.1, 0.15) is 5.89 Å². The zero-order valence-electron chi connectivity index (χ0n) is 11.7. The molecular weight excluding hydrogens is 262 g/mol. The molecular formula is C17H15N3O. The summed E-state index contributed by atoms with van der Waals surface area (Å²) in [5.74, 6) is 0.712. The van der Waals surface area contributed by atoms with Crippen molar-refractivity contribution in [2.45, 2.75) is 6.54 Å².